The molecule has 6 heteroatoms. The predicted molar refractivity (Wildman–Crippen MR) is 98.4 cm³/mol. The van der Waals surface area contributed by atoms with Crippen LogP contribution in [-0.4, -0.2) is 28.7 Å². The SMILES string of the molecule is CC(=O)Nc1cccc(C(=O)O[C@@H](C)C(=O)c2cc(C)c(C)cc2C)n1. The van der Waals surface area contributed by atoms with Gasteiger partial charge in [0.2, 0.25) is 11.7 Å². The van der Waals surface area contributed by atoms with Gasteiger partial charge in [0.05, 0.1) is 0 Å². The number of rotatable bonds is 5. The lowest BCUT2D eigenvalue weighted by molar-refractivity contribution is -0.114. The fourth-order valence-corrected chi connectivity index (χ4v) is 2.52. The maximum Gasteiger partial charge on any atom is 0.357 e. The summed E-state index contributed by atoms with van der Waals surface area (Å²) in [7, 11) is 0. The summed E-state index contributed by atoms with van der Waals surface area (Å²) < 4.78 is 5.27. The fourth-order valence-electron chi connectivity index (χ4n) is 2.52. The summed E-state index contributed by atoms with van der Waals surface area (Å²) in [5.41, 5.74) is 3.50. The molecule has 0 saturated heterocycles. The number of nitrogens with one attached hydrogen (secondary N) is 1. The molecular weight excluding hydrogens is 332 g/mol. The number of nitrogens with zero attached hydrogens (tertiary/aromatic N) is 1. The van der Waals surface area contributed by atoms with Crippen LogP contribution in [0.15, 0.2) is 30.3 Å². The number of esters is 1. The Labute approximate surface area is 152 Å². The summed E-state index contributed by atoms with van der Waals surface area (Å²) in [6.45, 7) is 8.64. The molecule has 1 aromatic heterocycles. The van der Waals surface area contributed by atoms with Crippen LogP contribution in [0.2, 0.25) is 0 Å². The van der Waals surface area contributed by atoms with Gasteiger partial charge in [-0.3, -0.25) is 9.59 Å². The second kappa shape index (κ2) is 7.91. The van der Waals surface area contributed by atoms with Gasteiger partial charge in [0.15, 0.2) is 11.8 Å². The van der Waals surface area contributed by atoms with Gasteiger partial charge in [-0.15, -0.1) is 0 Å². The highest BCUT2D eigenvalue weighted by Crippen LogP contribution is 2.18. The first-order valence-electron chi connectivity index (χ1n) is 8.26. The Morgan fingerprint density at radius 1 is 1.04 bits per heavy atom. The van der Waals surface area contributed by atoms with Gasteiger partial charge in [0.1, 0.15) is 5.82 Å². The van der Waals surface area contributed by atoms with Crippen LogP contribution in [0.5, 0.6) is 0 Å². The van der Waals surface area contributed by atoms with Gasteiger partial charge >= 0.3 is 5.97 Å². The van der Waals surface area contributed by atoms with Gasteiger partial charge in [0.25, 0.3) is 0 Å². The smallest absolute Gasteiger partial charge is 0.357 e. The van der Waals surface area contributed by atoms with Gasteiger partial charge < -0.3 is 10.1 Å². The van der Waals surface area contributed by atoms with E-state index in [1.54, 1.807) is 12.1 Å². The monoisotopic (exact) mass is 354 g/mol. The first kappa shape index (κ1) is 19.3. The lowest BCUT2D eigenvalue weighted by Crippen LogP contribution is -2.26. The number of pyridine rings is 1. The molecule has 0 aliphatic rings. The van der Waals surface area contributed by atoms with Gasteiger partial charge in [-0.1, -0.05) is 12.1 Å². The average Bonchev–Trinajstić information content (AvgIpc) is 2.57. The van der Waals surface area contributed by atoms with Gasteiger partial charge in [0, 0.05) is 12.5 Å². The first-order valence-corrected chi connectivity index (χ1v) is 8.26. The summed E-state index contributed by atoms with van der Waals surface area (Å²) >= 11 is 0. The second-order valence-electron chi connectivity index (χ2n) is 6.25. The number of hydrogen-bond acceptors (Lipinski definition) is 5. The molecule has 0 unspecified atom stereocenters. The van der Waals surface area contributed by atoms with Gasteiger partial charge in [-0.25, -0.2) is 9.78 Å². The lowest BCUT2D eigenvalue weighted by atomic mass is 9.96. The molecule has 0 saturated carbocycles. The van der Waals surface area contributed by atoms with Crippen molar-refractivity contribution in [3.8, 4) is 0 Å². The van der Waals surface area contributed by atoms with Crippen LogP contribution in [0.4, 0.5) is 5.82 Å². The number of benzene rings is 1. The molecule has 2 rings (SSSR count). The predicted octanol–water partition coefficient (Wildman–Crippen LogP) is 3.39. The summed E-state index contributed by atoms with van der Waals surface area (Å²) in [5.74, 6) is -1.04. The molecule has 1 aromatic carbocycles. The topological polar surface area (TPSA) is 85.4 Å². The molecule has 0 radical (unpaired) electrons. The molecule has 0 aliphatic heterocycles. The highest BCUT2D eigenvalue weighted by atomic mass is 16.5. The van der Waals surface area contributed by atoms with E-state index in [9.17, 15) is 14.4 Å². The van der Waals surface area contributed by atoms with E-state index in [1.165, 1.54) is 19.9 Å². The van der Waals surface area contributed by atoms with E-state index in [2.05, 4.69) is 10.3 Å². The Kier molecular flexibility index (Phi) is 5.87. The summed E-state index contributed by atoms with van der Waals surface area (Å²) in [6, 6.07) is 8.36. The van der Waals surface area contributed by atoms with Gasteiger partial charge in [-0.2, -0.15) is 0 Å². The van der Waals surface area contributed by atoms with E-state index >= 15 is 0 Å². The molecule has 1 amide bonds. The molecule has 1 N–H and O–H groups in total. The Hall–Kier alpha value is -3.02. The number of anilines is 1. The minimum atomic E-state index is -0.950. The van der Waals surface area contributed by atoms with Crippen molar-refractivity contribution in [2.45, 2.75) is 40.7 Å². The average molecular weight is 354 g/mol. The van der Waals surface area contributed by atoms with E-state index in [4.69, 9.17) is 4.74 Å². The van der Waals surface area contributed by atoms with Crippen molar-refractivity contribution < 1.29 is 19.1 Å². The van der Waals surface area contributed by atoms with E-state index in [0.29, 0.717) is 5.56 Å². The Morgan fingerprint density at radius 3 is 2.35 bits per heavy atom. The second-order valence-corrected chi connectivity index (χ2v) is 6.25. The maximum absolute atomic E-state index is 12.7. The third kappa shape index (κ3) is 4.53. The molecule has 136 valence electrons. The summed E-state index contributed by atoms with van der Waals surface area (Å²) in [6.07, 6.45) is -0.950. The van der Waals surface area contributed by atoms with Crippen molar-refractivity contribution in [3.63, 3.8) is 0 Å². The number of carbonyl (C=O) groups excluding carboxylic acids is 3. The molecule has 1 heterocycles. The van der Waals surface area contributed by atoms with Crippen LogP contribution in [0.1, 0.15) is 51.4 Å². The standard InChI is InChI=1S/C20H22N2O4/c1-11-9-13(3)16(10-12(11)2)19(24)14(4)26-20(25)17-7-6-8-18(22-17)21-15(5)23/h6-10,14H,1-5H3,(H,21,22,23)/t14-/m0/s1. The quantitative estimate of drug-likeness (QED) is 0.657. The molecule has 0 spiro atoms. The minimum absolute atomic E-state index is 0.0210. The van der Waals surface area contributed by atoms with E-state index in [1.807, 2.05) is 32.9 Å². The Balaban J connectivity index is 2.15. The molecular formula is C20H22N2O4. The maximum atomic E-state index is 12.7. The fraction of sp³-hybridized carbons (Fsp3) is 0.300. The zero-order valence-electron chi connectivity index (χ0n) is 15.5. The van der Waals surface area contributed by atoms with E-state index < -0.39 is 12.1 Å². The number of ether oxygens (including phenoxy) is 1. The number of aromatic nitrogens is 1. The number of carbonyl (C=O) groups is 3. The summed E-state index contributed by atoms with van der Waals surface area (Å²) in [4.78, 5) is 40.1. The lowest BCUT2D eigenvalue weighted by Gasteiger charge is -2.15. The summed E-state index contributed by atoms with van der Waals surface area (Å²) in [5, 5.41) is 2.50. The van der Waals surface area contributed by atoms with Crippen LogP contribution >= 0.6 is 0 Å². The Morgan fingerprint density at radius 2 is 1.69 bits per heavy atom. The molecule has 0 fully saturated rings. The number of aryl methyl sites for hydroxylation is 3. The molecule has 6 nitrogen and oxygen atoms in total. The minimum Gasteiger partial charge on any atom is -0.450 e. The van der Waals surface area contributed by atoms with Crippen molar-refractivity contribution in [1.29, 1.82) is 0 Å². The highest BCUT2D eigenvalue weighted by Gasteiger charge is 2.23. The third-order valence-electron chi connectivity index (χ3n) is 4.02. The van der Waals surface area contributed by atoms with Crippen molar-refractivity contribution in [2.75, 3.05) is 5.32 Å². The van der Waals surface area contributed by atoms with Crippen molar-refractivity contribution >= 4 is 23.5 Å². The Bertz CT molecular complexity index is 874. The van der Waals surface area contributed by atoms with Crippen molar-refractivity contribution in [2.24, 2.45) is 0 Å². The van der Waals surface area contributed by atoms with E-state index in [0.717, 1.165) is 16.7 Å². The van der Waals surface area contributed by atoms with Crippen LogP contribution in [-0.2, 0) is 9.53 Å². The van der Waals surface area contributed by atoms with Crippen LogP contribution < -0.4 is 5.32 Å². The number of hydrogen-bond donors (Lipinski definition) is 1. The molecule has 26 heavy (non-hydrogen) atoms. The zero-order chi connectivity index (χ0) is 19.4. The van der Waals surface area contributed by atoms with Gasteiger partial charge in [-0.05, 0) is 62.6 Å². The molecule has 1 atom stereocenters. The van der Waals surface area contributed by atoms with Crippen molar-refractivity contribution in [3.05, 3.63) is 58.3 Å². The van der Waals surface area contributed by atoms with Crippen LogP contribution in [0.25, 0.3) is 0 Å². The molecule has 0 aliphatic carbocycles. The van der Waals surface area contributed by atoms with Crippen LogP contribution in [0.3, 0.4) is 0 Å². The van der Waals surface area contributed by atoms with E-state index in [-0.39, 0.29) is 23.2 Å². The first-order chi connectivity index (χ1) is 12.2. The van der Waals surface area contributed by atoms with Crippen molar-refractivity contribution in [1.82, 2.24) is 4.98 Å². The molecule has 0 bridgehead atoms. The highest BCUT2D eigenvalue weighted by molar-refractivity contribution is 6.02. The third-order valence-corrected chi connectivity index (χ3v) is 4.02. The number of amides is 1. The zero-order valence-corrected chi connectivity index (χ0v) is 15.5. The number of ketones is 1. The number of Topliss-reactive ketones (excluding diaryl/α,β-unsaturated/α-hetero) is 1. The molecule has 2 aromatic rings. The largest absolute Gasteiger partial charge is 0.450 e. The van der Waals surface area contributed by atoms with Crippen LogP contribution in [0, 0.1) is 20.8 Å². The normalized spacial score (nSPS) is 11.6.